The molecule has 0 bridgehead atoms. The van der Waals surface area contributed by atoms with Crippen molar-refractivity contribution in [2.45, 2.75) is 6.92 Å². The second kappa shape index (κ2) is 5.91. The Bertz CT molecular complexity index is 293. The first-order valence-corrected chi connectivity index (χ1v) is 3.65. The number of Topliss-reactive ketones (excluding diaryl/α,β-unsaturated/α-hetero) is 2. The van der Waals surface area contributed by atoms with E-state index in [2.05, 4.69) is 0 Å². The minimum Gasteiger partial charge on any atom is -0.331 e. The van der Waals surface area contributed by atoms with Crippen LogP contribution in [0.25, 0.3) is 0 Å². The molecule has 0 heterocycles. The van der Waals surface area contributed by atoms with E-state index < -0.39 is 0 Å². The normalized spacial score (nSPS) is 8.38. The van der Waals surface area contributed by atoms with Crippen LogP contribution in [0.5, 0.6) is 0 Å². The van der Waals surface area contributed by atoms with Crippen LogP contribution < -0.4 is 0 Å². The van der Waals surface area contributed by atoms with Crippen LogP contribution in [-0.4, -0.2) is 38.9 Å². The van der Waals surface area contributed by atoms with Crippen LogP contribution in [0.3, 0.4) is 0 Å². The summed E-state index contributed by atoms with van der Waals surface area (Å²) in [5.41, 5.74) is 0.549. The fraction of sp³-hybridized carbons (Fsp3) is 0.100. The Morgan fingerprint density at radius 1 is 1.15 bits per heavy atom. The van der Waals surface area contributed by atoms with Crippen molar-refractivity contribution in [2.75, 3.05) is 0 Å². The molecule has 0 radical (unpaired) electrons. The molecule has 0 aromatic heterocycles. The zero-order valence-electron chi connectivity index (χ0n) is 7.36. The Morgan fingerprint density at radius 2 is 1.69 bits per heavy atom. The van der Waals surface area contributed by atoms with Crippen LogP contribution >= 0.6 is 0 Å². The van der Waals surface area contributed by atoms with Gasteiger partial charge in [-0.3, -0.25) is 0 Å². The first kappa shape index (κ1) is 12.4. The van der Waals surface area contributed by atoms with Crippen LogP contribution in [-0.2, 0) is 4.79 Å². The smallest absolute Gasteiger partial charge is 0.331 e. The fourth-order valence-corrected chi connectivity index (χ4v) is 0.870. The molecule has 0 spiro atoms. The van der Waals surface area contributed by atoms with E-state index in [1.807, 2.05) is 6.07 Å². The summed E-state index contributed by atoms with van der Waals surface area (Å²) in [5, 5.41) is 0. The van der Waals surface area contributed by atoms with E-state index in [4.69, 9.17) is 0 Å². The summed E-state index contributed by atoms with van der Waals surface area (Å²) < 4.78 is 0. The molecule has 0 amide bonds. The maximum absolute atomic E-state index is 11.2. The predicted molar refractivity (Wildman–Crippen MR) is 51.5 cm³/mol. The molecule has 3 heteroatoms. The van der Waals surface area contributed by atoms with Gasteiger partial charge in [-0.1, -0.05) is 18.2 Å². The third-order valence-electron chi connectivity index (χ3n) is 1.39. The maximum Gasteiger partial charge on any atom is 1.00 e. The van der Waals surface area contributed by atoms with E-state index >= 15 is 0 Å². The van der Waals surface area contributed by atoms with E-state index in [0.717, 1.165) is 6.42 Å². The number of ketones is 2. The minimum absolute atomic E-state index is 0. The van der Waals surface area contributed by atoms with Crippen LogP contribution in [0.4, 0.5) is 0 Å². The van der Waals surface area contributed by atoms with Crippen LogP contribution in [0.15, 0.2) is 30.3 Å². The quantitative estimate of drug-likeness (QED) is 0.350. The molecule has 64 valence electrons. The van der Waals surface area contributed by atoms with E-state index in [9.17, 15) is 9.59 Å². The molecule has 0 fully saturated rings. The van der Waals surface area contributed by atoms with Crippen molar-refractivity contribution < 1.29 is 9.59 Å². The second-order valence-corrected chi connectivity index (χ2v) is 2.49. The van der Waals surface area contributed by atoms with E-state index in [0.29, 0.717) is 5.56 Å². The average Bonchev–Trinajstić information content (AvgIpc) is 2.05. The third-order valence-corrected chi connectivity index (χ3v) is 1.39. The van der Waals surface area contributed by atoms with Gasteiger partial charge in [0.1, 0.15) is 0 Å². The number of carbonyl (C=O) groups excluding carboxylic acids is 2. The van der Waals surface area contributed by atoms with Crippen LogP contribution in [0.1, 0.15) is 17.3 Å². The van der Waals surface area contributed by atoms with E-state index in [-0.39, 0.29) is 38.9 Å². The predicted octanol–water partition coefficient (Wildman–Crippen LogP) is 1.28. The van der Waals surface area contributed by atoms with Gasteiger partial charge in [0, 0.05) is 5.78 Å². The first-order chi connectivity index (χ1) is 5.70. The van der Waals surface area contributed by atoms with Crippen molar-refractivity contribution in [1.29, 1.82) is 0 Å². The summed E-state index contributed by atoms with van der Waals surface area (Å²) in [5.74, 6) is -0.452. The van der Waals surface area contributed by atoms with Gasteiger partial charge in [0.05, 0.1) is 5.78 Å². The summed E-state index contributed by atoms with van der Waals surface area (Å²) in [4.78, 5) is 21.7. The maximum atomic E-state index is 11.2. The van der Waals surface area contributed by atoms with Gasteiger partial charge in [0.2, 0.25) is 0 Å². The molecule has 1 aromatic rings. The summed E-state index contributed by atoms with van der Waals surface area (Å²) in [6.45, 7) is 1.36. The summed E-state index contributed by atoms with van der Waals surface area (Å²) >= 11 is 0. The summed E-state index contributed by atoms with van der Waals surface area (Å²) in [7, 11) is 0. The van der Waals surface area contributed by atoms with Crippen molar-refractivity contribution in [1.82, 2.24) is 0 Å². The summed E-state index contributed by atoms with van der Waals surface area (Å²) in [6.07, 6.45) is 1.09. The zero-order valence-corrected chi connectivity index (χ0v) is 11.8. The second-order valence-electron chi connectivity index (χ2n) is 2.49. The van der Waals surface area contributed by atoms with Gasteiger partial charge in [-0.2, -0.15) is 0 Å². The molecule has 1 rings (SSSR count). The molecule has 0 N–H and O–H groups in total. The number of benzene rings is 1. The van der Waals surface area contributed by atoms with Crippen molar-refractivity contribution in [2.24, 2.45) is 0 Å². The van der Waals surface area contributed by atoms with Gasteiger partial charge < -0.3 is 9.59 Å². The topological polar surface area (TPSA) is 34.1 Å². The van der Waals surface area contributed by atoms with Gasteiger partial charge in [-0.25, -0.2) is 0 Å². The van der Waals surface area contributed by atoms with Crippen LogP contribution in [0, 0.1) is 6.42 Å². The molecular weight excluding hydrogens is 356 g/mol. The minimum atomic E-state index is -0.233. The van der Waals surface area contributed by atoms with Crippen molar-refractivity contribution in [3.8, 4) is 0 Å². The Balaban J connectivity index is 0.00000144. The molecule has 0 saturated carbocycles. The van der Waals surface area contributed by atoms with E-state index in [1.54, 1.807) is 24.3 Å². The first-order valence-electron chi connectivity index (χ1n) is 3.65. The van der Waals surface area contributed by atoms with Gasteiger partial charge >= 0.3 is 27.3 Å². The third kappa shape index (κ3) is 4.21. The monoisotopic (exact) mass is 366 g/mol. The number of rotatable bonds is 3. The molecule has 0 unspecified atom stereocenters. The van der Waals surface area contributed by atoms with Crippen molar-refractivity contribution in [3.05, 3.63) is 42.3 Å². The molecule has 0 aliphatic carbocycles. The molecular formula is C10H9O2Tl. The van der Waals surface area contributed by atoms with Crippen molar-refractivity contribution in [3.63, 3.8) is 0 Å². The fourth-order valence-electron chi connectivity index (χ4n) is 0.870. The summed E-state index contributed by atoms with van der Waals surface area (Å²) in [6, 6.07) is 8.72. The Labute approximate surface area is 97.5 Å². The number of hydrogen-bond acceptors (Lipinski definition) is 2. The standard InChI is InChI=1S/C10H9O2.Tl/c1-8(11)7-10(12)9-5-3-2-4-6-9;/h2-7H,1H3;/q-1;+1. The van der Waals surface area contributed by atoms with Gasteiger partial charge in [0.25, 0.3) is 0 Å². The molecule has 0 aliphatic heterocycles. The van der Waals surface area contributed by atoms with Gasteiger partial charge in [0.15, 0.2) is 0 Å². The van der Waals surface area contributed by atoms with Crippen molar-refractivity contribution >= 4 is 38.9 Å². The zero-order chi connectivity index (χ0) is 8.97. The number of carbonyl (C=O) groups is 2. The molecule has 0 aliphatic rings. The van der Waals surface area contributed by atoms with Gasteiger partial charge in [-0.15, -0.1) is 24.1 Å². The SMILES string of the molecule is CC(=O)[CH-]C(=O)c1ccccc1.[Tl+]. The molecule has 0 atom stereocenters. The molecule has 13 heavy (non-hydrogen) atoms. The molecule has 0 saturated heterocycles. The Hall–Kier alpha value is -0.648. The average molecular weight is 366 g/mol. The Kier molecular flexibility index (Phi) is 5.61. The largest absolute Gasteiger partial charge is 1.00 e. The van der Waals surface area contributed by atoms with Crippen LogP contribution in [0.2, 0.25) is 0 Å². The molecule has 1 aromatic carbocycles. The molecule has 2 nitrogen and oxygen atoms in total. The van der Waals surface area contributed by atoms with E-state index in [1.165, 1.54) is 6.92 Å². The van der Waals surface area contributed by atoms with Gasteiger partial charge in [-0.05, 0) is 6.92 Å². The Morgan fingerprint density at radius 3 is 2.15 bits per heavy atom. The number of hydrogen-bond donors (Lipinski definition) is 0.